The summed E-state index contributed by atoms with van der Waals surface area (Å²) in [4.78, 5) is 0. The second-order valence-corrected chi connectivity index (χ2v) is 12.5. The van der Waals surface area contributed by atoms with Gasteiger partial charge in [0.1, 0.15) is 0 Å². The quantitative estimate of drug-likeness (QED) is 0.516. The first-order chi connectivity index (χ1) is 14.4. The summed E-state index contributed by atoms with van der Waals surface area (Å²) in [6.07, 6.45) is 12.1. The van der Waals surface area contributed by atoms with Crippen LogP contribution < -0.4 is 0 Å². The van der Waals surface area contributed by atoms with Crippen molar-refractivity contribution in [1.82, 2.24) is 0 Å². The third-order valence-corrected chi connectivity index (χ3v) is 10.8. The Morgan fingerprint density at radius 3 is 2.39 bits per heavy atom. The summed E-state index contributed by atoms with van der Waals surface area (Å²) in [5, 5.41) is 33.0. The average molecular weight is 431 g/mol. The van der Waals surface area contributed by atoms with Crippen LogP contribution in [0.25, 0.3) is 0 Å². The van der Waals surface area contributed by atoms with Crippen molar-refractivity contribution in [3.63, 3.8) is 0 Å². The van der Waals surface area contributed by atoms with Crippen molar-refractivity contribution >= 4 is 0 Å². The molecule has 0 aromatic carbocycles. The second kappa shape index (κ2) is 7.99. The van der Waals surface area contributed by atoms with Crippen molar-refractivity contribution in [1.29, 1.82) is 0 Å². The van der Waals surface area contributed by atoms with Crippen molar-refractivity contribution in [2.24, 2.45) is 46.3 Å². The van der Waals surface area contributed by atoms with Gasteiger partial charge in [-0.05, 0) is 91.4 Å². The molecule has 0 bridgehead atoms. The monoisotopic (exact) mass is 430 g/mol. The fourth-order valence-electron chi connectivity index (χ4n) is 8.09. The van der Waals surface area contributed by atoms with Crippen LogP contribution in [0.15, 0.2) is 23.8 Å². The van der Waals surface area contributed by atoms with Crippen LogP contribution in [-0.4, -0.2) is 33.1 Å². The lowest BCUT2D eigenvalue weighted by Gasteiger charge is -2.62. The van der Waals surface area contributed by atoms with Crippen molar-refractivity contribution < 1.29 is 15.3 Å². The van der Waals surface area contributed by atoms with Crippen molar-refractivity contribution in [3.05, 3.63) is 23.8 Å². The van der Waals surface area contributed by atoms with E-state index in [2.05, 4.69) is 59.8 Å². The summed E-state index contributed by atoms with van der Waals surface area (Å²) in [5.74, 6) is 3.18. The third kappa shape index (κ3) is 3.49. The molecule has 0 spiro atoms. The molecule has 0 aromatic rings. The Kier molecular flexibility index (Phi) is 6.06. The van der Waals surface area contributed by atoms with Gasteiger partial charge in [0.15, 0.2) is 0 Å². The number of aliphatic hydroxyl groups is 3. The first-order valence-corrected chi connectivity index (χ1v) is 12.9. The van der Waals surface area contributed by atoms with E-state index in [0.29, 0.717) is 42.4 Å². The van der Waals surface area contributed by atoms with Gasteiger partial charge in [-0.3, -0.25) is 0 Å². The summed E-state index contributed by atoms with van der Waals surface area (Å²) in [6, 6.07) is 0. The molecule has 3 nitrogen and oxygen atoms in total. The van der Waals surface area contributed by atoms with Gasteiger partial charge in [-0.1, -0.05) is 59.8 Å². The number of hydrogen-bond acceptors (Lipinski definition) is 3. The minimum Gasteiger partial charge on any atom is -0.390 e. The van der Waals surface area contributed by atoms with Gasteiger partial charge in [0, 0.05) is 5.41 Å². The van der Waals surface area contributed by atoms with E-state index < -0.39 is 17.8 Å². The van der Waals surface area contributed by atoms with Gasteiger partial charge in [0.05, 0.1) is 17.8 Å². The van der Waals surface area contributed by atoms with E-state index in [4.69, 9.17) is 0 Å². The SMILES string of the molecule is CC(C)[C@@H](C)/C=C/[C@@H](C)C1CCC2C3=CCC4C[C@H](O)C(O)CC4(C)[C@@]3(O)CCC21C. The molecule has 0 radical (unpaired) electrons. The molecule has 3 heteroatoms. The van der Waals surface area contributed by atoms with Crippen LogP contribution in [0.2, 0.25) is 0 Å². The summed E-state index contributed by atoms with van der Waals surface area (Å²) in [6.45, 7) is 14.0. The second-order valence-electron chi connectivity index (χ2n) is 12.5. The van der Waals surface area contributed by atoms with Gasteiger partial charge in [-0.25, -0.2) is 0 Å². The van der Waals surface area contributed by atoms with Gasteiger partial charge in [-0.2, -0.15) is 0 Å². The number of allylic oxidation sites excluding steroid dienone is 3. The molecule has 3 fully saturated rings. The van der Waals surface area contributed by atoms with E-state index in [0.717, 1.165) is 19.3 Å². The predicted molar refractivity (Wildman–Crippen MR) is 126 cm³/mol. The highest BCUT2D eigenvalue weighted by molar-refractivity contribution is 5.35. The molecule has 4 aliphatic carbocycles. The van der Waals surface area contributed by atoms with Gasteiger partial charge in [0.25, 0.3) is 0 Å². The Morgan fingerprint density at radius 2 is 1.71 bits per heavy atom. The molecule has 6 unspecified atom stereocenters. The fraction of sp³-hybridized carbons (Fsp3) is 0.857. The van der Waals surface area contributed by atoms with Crippen LogP contribution in [0.4, 0.5) is 0 Å². The Hall–Kier alpha value is -0.640. The van der Waals surface area contributed by atoms with Crippen molar-refractivity contribution in [2.45, 2.75) is 104 Å². The van der Waals surface area contributed by atoms with Crippen LogP contribution in [0.1, 0.15) is 86.5 Å². The first kappa shape index (κ1) is 23.5. The highest BCUT2D eigenvalue weighted by Gasteiger charge is 2.65. The molecule has 0 saturated heterocycles. The number of aliphatic hydroxyl groups excluding tert-OH is 2. The van der Waals surface area contributed by atoms with Crippen molar-refractivity contribution in [3.8, 4) is 0 Å². The summed E-state index contributed by atoms with van der Waals surface area (Å²) >= 11 is 0. The maximum absolute atomic E-state index is 12.2. The number of fused-ring (bicyclic) bond motifs is 5. The Morgan fingerprint density at radius 1 is 1.00 bits per heavy atom. The van der Waals surface area contributed by atoms with Crippen molar-refractivity contribution in [2.75, 3.05) is 0 Å². The lowest BCUT2D eigenvalue weighted by Crippen LogP contribution is -2.63. The molecule has 0 amide bonds. The van der Waals surface area contributed by atoms with Gasteiger partial charge >= 0.3 is 0 Å². The Balaban J connectivity index is 1.60. The maximum Gasteiger partial charge on any atom is 0.0916 e. The summed E-state index contributed by atoms with van der Waals surface area (Å²) < 4.78 is 0. The zero-order valence-electron chi connectivity index (χ0n) is 20.6. The van der Waals surface area contributed by atoms with Crippen LogP contribution >= 0.6 is 0 Å². The van der Waals surface area contributed by atoms with Crippen LogP contribution in [-0.2, 0) is 0 Å². The number of hydrogen-bond donors (Lipinski definition) is 3. The topological polar surface area (TPSA) is 60.7 Å². The zero-order valence-corrected chi connectivity index (χ0v) is 20.6. The lowest BCUT2D eigenvalue weighted by molar-refractivity contribution is -0.180. The Labute approximate surface area is 190 Å². The summed E-state index contributed by atoms with van der Waals surface area (Å²) in [7, 11) is 0. The van der Waals surface area contributed by atoms with Gasteiger partial charge in [0.2, 0.25) is 0 Å². The molecule has 4 aliphatic rings. The van der Waals surface area contributed by atoms with E-state index in [1.54, 1.807) is 0 Å². The van der Waals surface area contributed by atoms with Gasteiger partial charge in [-0.15, -0.1) is 0 Å². The Bertz CT molecular complexity index is 741. The van der Waals surface area contributed by atoms with E-state index >= 15 is 0 Å². The van der Waals surface area contributed by atoms with Crippen LogP contribution in [0.5, 0.6) is 0 Å². The molecular weight excluding hydrogens is 384 g/mol. The van der Waals surface area contributed by atoms with E-state index in [1.165, 1.54) is 18.4 Å². The molecule has 4 rings (SSSR count). The molecule has 176 valence electrons. The standard InChI is InChI=1S/C28H46O3/c1-17(2)18(3)7-8-19(4)21-11-12-22-23-10-9-20-15-24(29)25(30)16-27(20,6)28(23,31)14-13-26(21,22)5/h7-8,10,17-22,24-25,29-31H,9,11-16H2,1-6H3/b8-7+/t18-,19+,20?,21?,22?,24-,25?,26?,27?,28+/m0/s1. The predicted octanol–water partition coefficient (Wildman–Crippen LogP) is 5.50. The molecule has 31 heavy (non-hydrogen) atoms. The largest absolute Gasteiger partial charge is 0.390 e. The van der Waals surface area contributed by atoms with Crippen LogP contribution in [0.3, 0.4) is 0 Å². The smallest absolute Gasteiger partial charge is 0.0916 e. The van der Waals surface area contributed by atoms with E-state index in [9.17, 15) is 15.3 Å². The first-order valence-electron chi connectivity index (χ1n) is 12.9. The highest BCUT2D eigenvalue weighted by atomic mass is 16.3. The minimum atomic E-state index is -0.832. The molecule has 10 atom stereocenters. The lowest BCUT2D eigenvalue weighted by atomic mass is 9.45. The molecule has 0 aliphatic heterocycles. The normalized spacial score (nSPS) is 49.4. The highest BCUT2D eigenvalue weighted by Crippen LogP contribution is 2.68. The molecule has 3 saturated carbocycles. The minimum absolute atomic E-state index is 0.235. The van der Waals surface area contributed by atoms with Gasteiger partial charge < -0.3 is 15.3 Å². The average Bonchev–Trinajstić information content (AvgIpc) is 3.05. The molecular formula is C28H46O3. The molecule has 0 aromatic heterocycles. The zero-order chi connectivity index (χ0) is 22.8. The summed E-state index contributed by atoms with van der Waals surface area (Å²) in [5.41, 5.74) is 0.339. The molecule has 3 N–H and O–H groups in total. The molecule has 0 heterocycles. The third-order valence-electron chi connectivity index (χ3n) is 10.8. The fourth-order valence-corrected chi connectivity index (χ4v) is 8.09. The van der Waals surface area contributed by atoms with E-state index in [1.807, 2.05) is 0 Å². The number of rotatable bonds is 4. The maximum atomic E-state index is 12.2. The van der Waals surface area contributed by atoms with Crippen LogP contribution in [0, 0.1) is 46.3 Å². The van der Waals surface area contributed by atoms with E-state index in [-0.39, 0.29) is 16.7 Å².